The lowest BCUT2D eigenvalue weighted by molar-refractivity contribution is 0.679. The summed E-state index contributed by atoms with van der Waals surface area (Å²) in [5.74, 6) is 0.688. The van der Waals surface area contributed by atoms with Crippen LogP contribution in [-0.4, -0.2) is 0 Å². The quantitative estimate of drug-likeness (QED) is 0.745. The summed E-state index contributed by atoms with van der Waals surface area (Å²) in [5, 5.41) is 4.77. The van der Waals surface area contributed by atoms with Crippen LogP contribution >= 0.6 is 23.2 Å². The highest BCUT2D eigenvalue weighted by atomic mass is 35.5. The number of benzene rings is 2. The molecular formula is C17H17Cl2N. The van der Waals surface area contributed by atoms with Gasteiger partial charge in [0, 0.05) is 0 Å². The molecule has 0 heterocycles. The highest BCUT2D eigenvalue weighted by Gasteiger charge is 2.32. The Bertz CT molecular complexity index is 603. The minimum Gasteiger partial charge on any atom is -0.377 e. The van der Waals surface area contributed by atoms with Crippen molar-refractivity contribution in [3.63, 3.8) is 0 Å². The Balaban J connectivity index is 1.88. The number of anilines is 1. The van der Waals surface area contributed by atoms with Gasteiger partial charge in [-0.05, 0) is 43.4 Å². The first-order chi connectivity index (χ1) is 9.65. The number of hydrogen-bond acceptors (Lipinski definition) is 1. The number of rotatable bonds is 4. The van der Waals surface area contributed by atoms with Gasteiger partial charge in [-0.3, -0.25) is 0 Å². The summed E-state index contributed by atoms with van der Waals surface area (Å²) < 4.78 is 0. The van der Waals surface area contributed by atoms with Crippen LogP contribution in [0.15, 0.2) is 42.5 Å². The van der Waals surface area contributed by atoms with Crippen LogP contribution in [0.2, 0.25) is 10.0 Å². The van der Waals surface area contributed by atoms with Gasteiger partial charge in [0.1, 0.15) is 0 Å². The molecule has 1 aliphatic rings. The summed E-state index contributed by atoms with van der Waals surface area (Å²) in [7, 11) is 0. The van der Waals surface area contributed by atoms with Gasteiger partial charge in [-0.2, -0.15) is 0 Å². The Morgan fingerprint density at radius 1 is 1.05 bits per heavy atom. The normalized spacial score (nSPS) is 15.9. The molecule has 0 aromatic heterocycles. The first-order valence-corrected chi connectivity index (χ1v) is 7.68. The average Bonchev–Trinajstić information content (AvgIpc) is 3.26. The van der Waals surface area contributed by atoms with Crippen LogP contribution < -0.4 is 5.32 Å². The maximum Gasteiger partial charge on any atom is 0.0823 e. The van der Waals surface area contributed by atoms with Crippen LogP contribution in [0.3, 0.4) is 0 Å². The number of hydrogen-bond donors (Lipinski definition) is 1. The van der Waals surface area contributed by atoms with Crippen LogP contribution in [0.4, 0.5) is 5.69 Å². The molecule has 1 atom stereocenters. The zero-order chi connectivity index (χ0) is 14.1. The first kappa shape index (κ1) is 13.8. The smallest absolute Gasteiger partial charge is 0.0823 e. The lowest BCUT2D eigenvalue weighted by atomic mass is 10.0. The van der Waals surface area contributed by atoms with Gasteiger partial charge in [0.05, 0.1) is 21.8 Å². The van der Waals surface area contributed by atoms with Gasteiger partial charge < -0.3 is 5.32 Å². The third-order valence-corrected chi connectivity index (χ3v) is 4.61. The van der Waals surface area contributed by atoms with Crippen LogP contribution in [0.1, 0.15) is 30.0 Å². The van der Waals surface area contributed by atoms with E-state index in [1.807, 2.05) is 18.2 Å². The fourth-order valence-electron chi connectivity index (χ4n) is 2.46. The van der Waals surface area contributed by atoms with E-state index in [1.54, 1.807) is 0 Å². The van der Waals surface area contributed by atoms with Gasteiger partial charge >= 0.3 is 0 Å². The average molecular weight is 306 g/mol. The van der Waals surface area contributed by atoms with Crippen molar-refractivity contribution in [2.45, 2.75) is 25.8 Å². The van der Waals surface area contributed by atoms with Crippen molar-refractivity contribution in [1.29, 1.82) is 0 Å². The minimum absolute atomic E-state index is 0.312. The van der Waals surface area contributed by atoms with Crippen LogP contribution in [0.25, 0.3) is 0 Å². The molecule has 1 N–H and O–H groups in total. The Morgan fingerprint density at radius 2 is 1.75 bits per heavy atom. The van der Waals surface area contributed by atoms with E-state index in [1.165, 1.54) is 24.0 Å². The minimum atomic E-state index is 0.312. The van der Waals surface area contributed by atoms with Crippen molar-refractivity contribution in [3.05, 3.63) is 63.6 Å². The van der Waals surface area contributed by atoms with Crippen molar-refractivity contribution in [2.75, 3.05) is 5.32 Å². The lowest BCUT2D eigenvalue weighted by Gasteiger charge is -2.21. The van der Waals surface area contributed by atoms with E-state index in [0.717, 1.165) is 5.69 Å². The SMILES string of the molecule is Cc1ccc(C(Nc2cccc(Cl)c2Cl)C2CC2)cc1. The fourth-order valence-corrected chi connectivity index (χ4v) is 2.81. The second-order valence-corrected chi connectivity index (χ2v) is 6.26. The Labute approximate surface area is 129 Å². The molecule has 2 aromatic rings. The number of nitrogens with one attached hydrogen (secondary N) is 1. The Hall–Kier alpha value is -1.18. The van der Waals surface area contributed by atoms with Crippen molar-refractivity contribution in [2.24, 2.45) is 5.92 Å². The predicted octanol–water partition coefficient (Wildman–Crippen LogP) is 5.87. The molecule has 1 fully saturated rings. The molecule has 0 amide bonds. The van der Waals surface area contributed by atoms with E-state index in [9.17, 15) is 0 Å². The van der Waals surface area contributed by atoms with Crippen molar-refractivity contribution in [1.82, 2.24) is 0 Å². The second kappa shape index (κ2) is 5.67. The highest BCUT2D eigenvalue weighted by Crippen LogP contribution is 2.44. The van der Waals surface area contributed by atoms with E-state index in [4.69, 9.17) is 23.2 Å². The molecule has 2 aromatic carbocycles. The van der Waals surface area contributed by atoms with E-state index < -0.39 is 0 Å². The molecule has 3 heteroatoms. The largest absolute Gasteiger partial charge is 0.377 e. The highest BCUT2D eigenvalue weighted by molar-refractivity contribution is 6.43. The van der Waals surface area contributed by atoms with Gasteiger partial charge in [-0.1, -0.05) is 59.1 Å². The van der Waals surface area contributed by atoms with Crippen LogP contribution in [-0.2, 0) is 0 Å². The van der Waals surface area contributed by atoms with E-state index in [-0.39, 0.29) is 0 Å². The number of aryl methyl sites for hydroxylation is 1. The molecular weight excluding hydrogens is 289 g/mol. The van der Waals surface area contributed by atoms with E-state index >= 15 is 0 Å². The van der Waals surface area contributed by atoms with Gasteiger partial charge in [-0.25, -0.2) is 0 Å². The summed E-state index contributed by atoms with van der Waals surface area (Å²) in [6.45, 7) is 2.11. The van der Waals surface area contributed by atoms with Crippen molar-refractivity contribution < 1.29 is 0 Å². The topological polar surface area (TPSA) is 12.0 Å². The summed E-state index contributed by atoms with van der Waals surface area (Å²) in [5.41, 5.74) is 3.51. The molecule has 0 radical (unpaired) electrons. The molecule has 20 heavy (non-hydrogen) atoms. The zero-order valence-corrected chi connectivity index (χ0v) is 12.9. The number of halogens is 2. The molecule has 104 valence electrons. The Morgan fingerprint density at radius 3 is 2.40 bits per heavy atom. The zero-order valence-electron chi connectivity index (χ0n) is 11.4. The summed E-state index contributed by atoms with van der Waals surface area (Å²) >= 11 is 12.4. The molecule has 0 bridgehead atoms. The molecule has 3 rings (SSSR count). The monoisotopic (exact) mass is 305 g/mol. The summed E-state index contributed by atoms with van der Waals surface area (Å²) in [6, 6.07) is 14.7. The standard InChI is InChI=1S/C17H17Cl2N/c1-11-5-7-12(8-6-11)17(13-9-10-13)20-15-4-2-3-14(18)16(15)19/h2-8,13,17,20H,9-10H2,1H3. The van der Waals surface area contributed by atoms with Gasteiger partial charge in [0.25, 0.3) is 0 Å². The summed E-state index contributed by atoms with van der Waals surface area (Å²) in [6.07, 6.45) is 2.54. The molecule has 1 nitrogen and oxygen atoms in total. The van der Waals surface area contributed by atoms with Gasteiger partial charge in [0.15, 0.2) is 0 Å². The first-order valence-electron chi connectivity index (χ1n) is 6.92. The van der Waals surface area contributed by atoms with Crippen molar-refractivity contribution >= 4 is 28.9 Å². The van der Waals surface area contributed by atoms with Gasteiger partial charge in [0.2, 0.25) is 0 Å². The third kappa shape index (κ3) is 2.94. The van der Waals surface area contributed by atoms with E-state index in [0.29, 0.717) is 22.0 Å². The van der Waals surface area contributed by atoms with E-state index in [2.05, 4.69) is 36.5 Å². The van der Waals surface area contributed by atoms with Gasteiger partial charge in [-0.15, -0.1) is 0 Å². The maximum absolute atomic E-state index is 6.28. The maximum atomic E-state index is 6.28. The van der Waals surface area contributed by atoms with Crippen LogP contribution in [0.5, 0.6) is 0 Å². The molecule has 0 saturated heterocycles. The third-order valence-electron chi connectivity index (χ3n) is 3.79. The van der Waals surface area contributed by atoms with Crippen LogP contribution in [0, 0.1) is 12.8 Å². The molecule has 1 saturated carbocycles. The molecule has 1 unspecified atom stereocenters. The lowest BCUT2D eigenvalue weighted by Crippen LogP contribution is -2.13. The molecule has 0 aliphatic heterocycles. The molecule has 0 spiro atoms. The Kier molecular flexibility index (Phi) is 3.91. The fraction of sp³-hybridized carbons (Fsp3) is 0.294. The predicted molar refractivity (Wildman–Crippen MR) is 86.7 cm³/mol. The molecule has 1 aliphatic carbocycles. The summed E-state index contributed by atoms with van der Waals surface area (Å²) in [4.78, 5) is 0. The second-order valence-electron chi connectivity index (χ2n) is 5.47. The van der Waals surface area contributed by atoms with Crippen molar-refractivity contribution in [3.8, 4) is 0 Å².